The van der Waals surface area contributed by atoms with Gasteiger partial charge in [0.05, 0.1) is 0 Å². The van der Waals surface area contributed by atoms with E-state index >= 15 is 0 Å². The normalized spacial score (nSPS) is 27.7. The minimum atomic E-state index is -0.0299. The van der Waals surface area contributed by atoms with Crippen molar-refractivity contribution in [1.29, 1.82) is 0 Å². The second kappa shape index (κ2) is 4.27. The number of benzene rings is 1. The monoisotopic (exact) mass is 245 g/mol. The molecule has 1 fully saturated rings. The van der Waals surface area contributed by atoms with E-state index in [1.807, 2.05) is 0 Å². The fourth-order valence-electron chi connectivity index (χ4n) is 2.86. The van der Waals surface area contributed by atoms with Crippen LogP contribution in [0, 0.1) is 11.8 Å². The molecular weight excluding hydrogens is 222 g/mol. The Morgan fingerprint density at radius 3 is 2.89 bits per heavy atom. The van der Waals surface area contributed by atoms with Gasteiger partial charge in [0.25, 0.3) is 0 Å². The van der Waals surface area contributed by atoms with Crippen LogP contribution in [0.4, 0.5) is 0 Å². The van der Waals surface area contributed by atoms with E-state index in [1.165, 1.54) is 24.1 Å². The van der Waals surface area contributed by atoms with Crippen molar-refractivity contribution in [3.63, 3.8) is 0 Å². The van der Waals surface area contributed by atoms with Gasteiger partial charge in [-0.3, -0.25) is 0 Å². The third-order valence-corrected chi connectivity index (χ3v) is 4.14. The topological polar surface area (TPSA) is 21.3 Å². The maximum absolute atomic E-state index is 5.90. The number of hydrogen-bond donors (Lipinski definition) is 1. The molecule has 1 saturated carbocycles. The van der Waals surface area contributed by atoms with Gasteiger partial charge in [0, 0.05) is 13.0 Å². The van der Waals surface area contributed by atoms with Crippen molar-refractivity contribution >= 4 is 0 Å². The molecule has 2 nitrogen and oxygen atoms in total. The first-order valence-electron chi connectivity index (χ1n) is 7.05. The molecule has 0 amide bonds. The molecule has 98 valence electrons. The summed E-state index contributed by atoms with van der Waals surface area (Å²) in [5.74, 6) is 2.92. The van der Waals surface area contributed by atoms with Crippen LogP contribution in [0.2, 0.25) is 0 Å². The van der Waals surface area contributed by atoms with Crippen molar-refractivity contribution in [1.82, 2.24) is 5.32 Å². The van der Waals surface area contributed by atoms with Gasteiger partial charge in [0.15, 0.2) is 0 Å². The van der Waals surface area contributed by atoms with Crippen molar-refractivity contribution < 1.29 is 4.74 Å². The van der Waals surface area contributed by atoms with E-state index in [4.69, 9.17) is 4.74 Å². The Balaban J connectivity index is 1.58. The summed E-state index contributed by atoms with van der Waals surface area (Å²) in [4.78, 5) is 0. The van der Waals surface area contributed by atoms with E-state index in [2.05, 4.69) is 44.3 Å². The molecule has 2 unspecified atom stereocenters. The number of nitrogens with one attached hydrogen (secondary N) is 1. The zero-order chi connectivity index (χ0) is 12.8. The summed E-state index contributed by atoms with van der Waals surface area (Å²) >= 11 is 0. The molecule has 1 aliphatic heterocycles. The van der Waals surface area contributed by atoms with E-state index in [-0.39, 0.29) is 5.60 Å². The van der Waals surface area contributed by atoms with E-state index < -0.39 is 0 Å². The summed E-state index contributed by atoms with van der Waals surface area (Å²) in [6.07, 6.45) is 2.43. The molecule has 2 atom stereocenters. The molecule has 1 aromatic carbocycles. The lowest BCUT2D eigenvalue weighted by atomic mass is 10.0. The molecule has 2 heteroatoms. The first-order valence-corrected chi connectivity index (χ1v) is 7.05. The van der Waals surface area contributed by atoms with Crippen molar-refractivity contribution in [2.24, 2.45) is 11.8 Å². The molecule has 1 aromatic rings. The summed E-state index contributed by atoms with van der Waals surface area (Å²) in [6, 6.07) is 6.61. The lowest BCUT2D eigenvalue weighted by Gasteiger charge is -2.16. The maximum atomic E-state index is 5.90. The van der Waals surface area contributed by atoms with Crippen LogP contribution in [0.5, 0.6) is 5.75 Å². The van der Waals surface area contributed by atoms with Gasteiger partial charge in [-0.1, -0.05) is 19.1 Å². The van der Waals surface area contributed by atoms with Gasteiger partial charge in [-0.05, 0) is 55.8 Å². The number of fused-ring (bicyclic) bond motifs is 1. The Labute approximate surface area is 110 Å². The Hall–Kier alpha value is -1.02. The van der Waals surface area contributed by atoms with Gasteiger partial charge < -0.3 is 10.1 Å². The maximum Gasteiger partial charge on any atom is 0.123 e. The number of ether oxygens (including phenoxy) is 1. The van der Waals surface area contributed by atoms with Crippen LogP contribution in [-0.2, 0) is 13.0 Å². The Bertz CT molecular complexity index is 452. The van der Waals surface area contributed by atoms with Gasteiger partial charge in [0.1, 0.15) is 11.4 Å². The summed E-state index contributed by atoms with van der Waals surface area (Å²) in [5.41, 5.74) is 2.71. The number of rotatable bonds is 4. The van der Waals surface area contributed by atoms with E-state index in [9.17, 15) is 0 Å². The first kappa shape index (κ1) is 12.0. The fraction of sp³-hybridized carbons (Fsp3) is 0.625. The quantitative estimate of drug-likeness (QED) is 0.880. The average Bonchev–Trinajstić information content (AvgIpc) is 2.87. The summed E-state index contributed by atoms with van der Waals surface area (Å²) < 4.78 is 5.90. The minimum absolute atomic E-state index is 0.0299. The minimum Gasteiger partial charge on any atom is -0.487 e. The number of hydrogen-bond acceptors (Lipinski definition) is 2. The molecule has 1 N–H and O–H groups in total. The summed E-state index contributed by atoms with van der Waals surface area (Å²) in [7, 11) is 0. The van der Waals surface area contributed by atoms with Gasteiger partial charge in [0.2, 0.25) is 0 Å². The largest absolute Gasteiger partial charge is 0.487 e. The van der Waals surface area contributed by atoms with Gasteiger partial charge >= 0.3 is 0 Å². The smallest absolute Gasteiger partial charge is 0.123 e. The lowest BCUT2D eigenvalue weighted by Crippen LogP contribution is -2.24. The van der Waals surface area contributed by atoms with Crippen LogP contribution in [0.1, 0.15) is 38.3 Å². The highest BCUT2D eigenvalue weighted by atomic mass is 16.5. The fourth-order valence-corrected chi connectivity index (χ4v) is 2.86. The zero-order valence-electron chi connectivity index (χ0n) is 11.6. The van der Waals surface area contributed by atoms with E-state index in [0.29, 0.717) is 0 Å². The van der Waals surface area contributed by atoms with Gasteiger partial charge in [-0.25, -0.2) is 0 Å². The SMILES string of the molecule is CC1CC1CNCc1ccc2c(c1)CC(C)(C)O2. The lowest BCUT2D eigenvalue weighted by molar-refractivity contribution is 0.138. The van der Waals surface area contributed by atoms with Crippen LogP contribution >= 0.6 is 0 Å². The van der Waals surface area contributed by atoms with Gasteiger partial charge in [-0.2, -0.15) is 0 Å². The molecule has 1 aliphatic carbocycles. The van der Waals surface area contributed by atoms with Crippen molar-refractivity contribution in [3.05, 3.63) is 29.3 Å². The molecule has 0 aromatic heterocycles. The van der Waals surface area contributed by atoms with Gasteiger partial charge in [-0.15, -0.1) is 0 Å². The van der Waals surface area contributed by atoms with Crippen LogP contribution in [0.15, 0.2) is 18.2 Å². The second-order valence-corrected chi connectivity index (χ2v) is 6.58. The van der Waals surface area contributed by atoms with Crippen molar-refractivity contribution in [2.45, 2.75) is 45.8 Å². The standard InChI is InChI=1S/C16H23NO/c1-11-6-14(11)10-17-9-12-4-5-15-13(7-12)8-16(2,3)18-15/h4-5,7,11,14,17H,6,8-10H2,1-3H3. The first-order chi connectivity index (χ1) is 8.53. The van der Waals surface area contributed by atoms with E-state index in [1.54, 1.807) is 0 Å². The Morgan fingerprint density at radius 2 is 2.17 bits per heavy atom. The van der Waals surface area contributed by atoms with Crippen molar-refractivity contribution in [2.75, 3.05) is 6.54 Å². The van der Waals surface area contributed by atoms with Crippen LogP contribution in [0.3, 0.4) is 0 Å². The highest BCUT2D eigenvalue weighted by Crippen LogP contribution is 2.37. The van der Waals surface area contributed by atoms with E-state index in [0.717, 1.165) is 30.6 Å². The second-order valence-electron chi connectivity index (χ2n) is 6.58. The predicted molar refractivity (Wildman–Crippen MR) is 73.8 cm³/mol. The molecular formula is C16H23NO. The third kappa shape index (κ3) is 2.54. The Morgan fingerprint density at radius 1 is 1.39 bits per heavy atom. The molecule has 2 aliphatic rings. The van der Waals surface area contributed by atoms with Crippen LogP contribution in [-0.4, -0.2) is 12.1 Å². The average molecular weight is 245 g/mol. The highest BCUT2D eigenvalue weighted by Gasteiger charge is 2.32. The zero-order valence-corrected chi connectivity index (χ0v) is 11.6. The Kier molecular flexibility index (Phi) is 2.86. The molecule has 1 heterocycles. The molecule has 0 saturated heterocycles. The van der Waals surface area contributed by atoms with Crippen LogP contribution in [0.25, 0.3) is 0 Å². The van der Waals surface area contributed by atoms with Crippen molar-refractivity contribution in [3.8, 4) is 5.75 Å². The third-order valence-electron chi connectivity index (χ3n) is 4.14. The summed E-state index contributed by atoms with van der Waals surface area (Å²) in [6.45, 7) is 8.79. The highest BCUT2D eigenvalue weighted by molar-refractivity contribution is 5.41. The molecule has 3 rings (SSSR count). The molecule has 0 spiro atoms. The molecule has 18 heavy (non-hydrogen) atoms. The predicted octanol–water partition coefficient (Wildman–Crippen LogP) is 3.15. The van der Waals surface area contributed by atoms with Crippen LogP contribution < -0.4 is 10.1 Å². The molecule has 0 bridgehead atoms. The molecule has 0 radical (unpaired) electrons. The summed E-state index contributed by atoms with van der Waals surface area (Å²) in [5, 5.41) is 3.57.